The van der Waals surface area contributed by atoms with Crippen molar-refractivity contribution >= 4 is 29.6 Å². The lowest BCUT2D eigenvalue weighted by Crippen LogP contribution is -2.60. The number of carbonyl (C=O) groups excluding carboxylic acids is 5. The van der Waals surface area contributed by atoms with Crippen LogP contribution in [0.1, 0.15) is 97.5 Å². The van der Waals surface area contributed by atoms with E-state index in [0.29, 0.717) is 24.9 Å². The number of Topliss-reactive ketones (excluding diaryl/α,β-unsaturated/α-hetero) is 2. The van der Waals surface area contributed by atoms with Gasteiger partial charge in [-0.2, -0.15) is 0 Å². The lowest BCUT2D eigenvalue weighted by Gasteiger charge is -2.47. The van der Waals surface area contributed by atoms with Gasteiger partial charge in [-0.25, -0.2) is 25.0 Å². The lowest BCUT2D eigenvalue weighted by atomic mass is 9.75. The molecule has 3 aliphatic rings. The van der Waals surface area contributed by atoms with Crippen LogP contribution in [0.2, 0.25) is 0 Å². The van der Waals surface area contributed by atoms with Crippen molar-refractivity contribution in [2.75, 3.05) is 27.7 Å². The second kappa shape index (κ2) is 21.7. The first-order valence-corrected chi connectivity index (χ1v) is 23.1. The van der Waals surface area contributed by atoms with Crippen molar-refractivity contribution in [2.24, 2.45) is 23.7 Å². The number of pyridine rings is 1. The van der Waals surface area contributed by atoms with Crippen LogP contribution < -0.4 is 5.43 Å². The van der Waals surface area contributed by atoms with E-state index in [0.717, 1.165) is 11.3 Å². The number of nitrogens with zero attached hydrogens (tertiary/aromatic N) is 5. The zero-order valence-corrected chi connectivity index (χ0v) is 40.1. The van der Waals surface area contributed by atoms with Crippen LogP contribution in [0.4, 0.5) is 4.79 Å². The summed E-state index contributed by atoms with van der Waals surface area (Å²) >= 11 is 0. The monoisotopic (exact) mass is 916 g/mol. The Morgan fingerprint density at radius 1 is 1.00 bits per heavy atom. The first-order chi connectivity index (χ1) is 31.4. The normalized spacial score (nSPS) is 32.9. The number of hydrogen-bond acceptors (Lipinski definition) is 15. The van der Waals surface area contributed by atoms with Gasteiger partial charge < -0.3 is 37.9 Å². The van der Waals surface area contributed by atoms with Gasteiger partial charge in [0.05, 0.1) is 41.4 Å². The van der Waals surface area contributed by atoms with E-state index in [1.165, 1.54) is 19.0 Å². The molecule has 1 amide bonds. The summed E-state index contributed by atoms with van der Waals surface area (Å²) in [5.41, 5.74) is 3.91. The maximum absolute atomic E-state index is 14.8. The summed E-state index contributed by atoms with van der Waals surface area (Å²) in [6, 6.07) is 11.1. The molecule has 1 N–H and O–H groups in total. The second-order valence-electron chi connectivity index (χ2n) is 18.7. The number of carbonyl (C=O) groups is 5. The van der Waals surface area contributed by atoms with Crippen molar-refractivity contribution in [3.05, 3.63) is 72.9 Å². The molecule has 1 unspecified atom stereocenters. The third-order valence-electron chi connectivity index (χ3n) is 13.7. The first kappa shape index (κ1) is 50.3. The van der Waals surface area contributed by atoms with E-state index in [2.05, 4.69) is 15.4 Å². The molecule has 0 aliphatic carbocycles. The Kier molecular flexibility index (Phi) is 16.6. The molecule has 3 aliphatic heterocycles. The van der Waals surface area contributed by atoms with Crippen LogP contribution in [0.25, 0.3) is 11.3 Å². The number of hydrazine groups is 1. The Morgan fingerprint density at radius 3 is 2.38 bits per heavy atom. The largest absolute Gasteiger partial charge is 0.458 e. The highest BCUT2D eigenvalue weighted by atomic mass is 16.7. The Labute approximate surface area is 388 Å². The van der Waals surface area contributed by atoms with Crippen molar-refractivity contribution in [1.29, 1.82) is 0 Å². The number of ether oxygens (including phenoxy) is 6. The molecule has 5 heterocycles. The topological polar surface area (TPSA) is 190 Å². The molecule has 14 atom stereocenters. The number of hydrogen-bond donors (Lipinski definition) is 1. The smallest absolute Gasteiger partial charge is 0.425 e. The number of ketones is 2. The first-order valence-electron chi connectivity index (χ1n) is 23.1. The maximum Gasteiger partial charge on any atom is 0.425 e. The molecule has 360 valence electrons. The van der Waals surface area contributed by atoms with E-state index in [1.807, 2.05) is 55.7 Å². The number of esters is 2. The van der Waals surface area contributed by atoms with Gasteiger partial charge in [0.1, 0.15) is 23.8 Å². The maximum atomic E-state index is 14.8. The number of benzene rings is 1. The van der Waals surface area contributed by atoms with Crippen LogP contribution in [0.5, 0.6) is 0 Å². The van der Waals surface area contributed by atoms with E-state index in [1.54, 1.807) is 83.7 Å². The van der Waals surface area contributed by atoms with Crippen LogP contribution in [-0.2, 0) is 42.8 Å². The van der Waals surface area contributed by atoms with Gasteiger partial charge in [-0.15, -0.1) is 0 Å². The number of likely N-dealkylation sites (N-methyl/N-ethyl adjacent to an activating group) is 1. The van der Waals surface area contributed by atoms with Gasteiger partial charge in [0.2, 0.25) is 0 Å². The Balaban J connectivity index is 1.29. The van der Waals surface area contributed by atoms with E-state index in [-0.39, 0.29) is 36.8 Å². The highest BCUT2D eigenvalue weighted by Crippen LogP contribution is 2.39. The summed E-state index contributed by atoms with van der Waals surface area (Å²) in [5, 5.41) is 1.35. The van der Waals surface area contributed by atoms with E-state index in [9.17, 15) is 24.0 Å². The molecule has 2 aromatic heterocycles. The van der Waals surface area contributed by atoms with Crippen LogP contribution in [0.15, 0.2) is 67.4 Å². The van der Waals surface area contributed by atoms with Crippen molar-refractivity contribution in [3.63, 3.8) is 0 Å². The van der Waals surface area contributed by atoms with Crippen LogP contribution in [0, 0.1) is 23.7 Å². The fraction of sp³-hybridized carbons (Fsp3) is 0.612. The van der Waals surface area contributed by atoms with Crippen molar-refractivity contribution < 1.29 is 52.4 Å². The average Bonchev–Trinajstić information content (AvgIpc) is 3.94. The zero-order valence-electron chi connectivity index (χ0n) is 40.1. The minimum atomic E-state index is -1.35. The molecule has 0 bridgehead atoms. The molecule has 17 nitrogen and oxygen atoms in total. The van der Waals surface area contributed by atoms with Crippen LogP contribution in [-0.4, -0.2) is 136 Å². The molecule has 6 rings (SSSR count). The molecule has 3 aromatic rings. The number of methoxy groups -OCH3 is 1. The molecule has 3 fully saturated rings. The Morgan fingerprint density at radius 2 is 1.73 bits per heavy atom. The summed E-state index contributed by atoms with van der Waals surface area (Å²) in [6.07, 6.45) is 2.24. The minimum absolute atomic E-state index is 0.0252. The molecule has 66 heavy (non-hydrogen) atoms. The highest BCUT2D eigenvalue weighted by molar-refractivity contribution is 6.00. The van der Waals surface area contributed by atoms with Gasteiger partial charge >= 0.3 is 18.0 Å². The van der Waals surface area contributed by atoms with E-state index < -0.39 is 89.8 Å². The number of imidazole rings is 1. The molecule has 0 spiro atoms. The van der Waals surface area contributed by atoms with Gasteiger partial charge in [0.15, 0.2) is 24.3 Å². The number of fused-ring (bicyclic) bond motifs is 1. The molecular weight excluding hydrogens is 849 g/mol. The lowest BCUT2D eigenvalue weighted by molar-refractivity contribution is -0.294. The van der Waals surface area contributed by atoms with Crippen molar-refractivity contribution in [1.82, 2.24) is 29.9 Å². The summed E-state index contributed by atoms with van der Waals surface area (Å²) in [4.78, 5) is 81.6. The molecular formula is C49H68N6O11. The van der Waals surface area contributed by atoms with Gasteiger partial charge in [-0.05, 0) is 91.7 Å². The SMILES string of the molecule is CC[C@H]1OC(=O)[C@H](C)C(=O)[C@H](C)[C@@H](O[C@@H]2O[C@H](C)C[C@H](N(C)C)[C@H]2OC(=O)c2ccccc2)[C@@](C)(OC)C[C@@H](C)C(=O)[C@H](C)[C@@H]2[C@@H]1OC(=O)N2NCCC(C)n1cnc(-c2cccnc2)c1. The fourth-order valence-electron chi connectivity index (χ4n) is 9.67. The Bertz CT molecular complexity index is 2140. The highest BCUT2D eigenvalue weighted by Gasteiger charge is 2.55. The second-order valence-corrected chi connectivity index (χ2v) is 18.7. The van der Waals surface area contributed by atoms with Gasteiger partial charge in [-0.1, -0.05) is 45.9 Å². The van der Waals surface area contributed by atoms with Gasteiger partial charge in [-0.3, -0.25) is 19.4 Å². The quantitative estimate of drug-likeness (QED) is 0.118. The number of aromatic nitrogens is 3. The number of cyclic esters (lactones) is 1. The number of rotatable bonds is 13. The van der Waals surface area contributed by atoms with E-state index in [4.69, 9.17) is 28.4 Å². The molecule has 0 radical (unpaired) electrons. The number of amides is 1. The van der Waals surface area contributed by atoms with Crippen molar-refractivity contribution in [3.8, 4) is 11.3 Å². The predicted molar refractivity (Wildman–Crippen MR) is 243 cm³/mol. The van der Waals surface area contributed by atoms with Gasteiger partial charge in [0, 0.05) is 61.6 Å². The third-order valence-corrected chi connectivity index (χ3v) is 13.7. The number of nitrogens with one attached hydrogen (secondary N) is 1. The summed E-state index contributed by atoms with van der Waals surface area (Å²) in [6.45, 7) is 14.5. The summed E-state index contributed by atoms with van der Waals surface area (Å²) in [5.74, 6) is -5.92. The predicted octanol–water partition coefficient (Wildman–Crippen LogP) is 6.08. The van der Waals surface area contributed by atoms with Gasteiger partial charge in [0.25, 0.3) is 0 Å². The Hall–Kier alpha value is -5.07. The van der Waals surface area contributed by atoms with Crippen LogP contribution in [0.3, 0.4) is 0 Å². The summed E-state index contributed by atoms with van der Waals surface area (Å²) in [7, 11) is 5.25. The molecule has 0 saturated carbocycles. The average molecular weight is 917 g/mol. The summed E-state index contributed by atoms with van der Waals surface area (Å²) < 4.78 is 39.9. The van der Waals surface area contributed by atoms with Crippen LogP contribution >= 0.6 is 0 Å². The molecule has 17 heteroatoms. The third kappa shape index (κ3) is 11.0. The van der Waals surface area contributed by atoms with Crippen molar-refractivity contribution in [2.45, 2.75) is 142 Å². The fourth-order valence-corrected chi connectivity index (χ4v) is 9.67. The van der Waals surface area contributed by atoms with E-state index >= 15 is 0 Å². The molecule has 3 saturated heterocycles. The standard InChI is InChI=1S/C49H68N6O11/c1-12-38-43-39(55(48(60)65-43)52-22-20-29(3)54-26-36(51-27-54)35-19-16-21-50-25-35)31(5)40(56)28(2)24-49(8,61-11)44(32(6)41(57)33(7)45(58)63-38)66-47-42(37(53(9)10)23-30(4)62-47)64-46(59)34-17-14-13-15-18-34/h13-19,21,25-33,37-39,42-44,47,52H,12,20,22-24H2,1-11H3/t28-,29?,30-,31-,32+,33-,37+,38-,39-,42-,43-,44-,47+,49+/m1/s1. The zero-order chi connectivity index (χ0) is 48.0. The molecule has 1 aromatic carbocycles. The minimum Gasteiger partial charge on any atom is -0.458 e.